The van der Waals surface area contributed by atoms with Crippen molar-refractivity contribution in [1.29, 1.82) is 0 Å². The lowest BCUT2D eigenvalue weighted by molar-refractivity contribution is -0.143. The van der Waals surface area contributed by atoms with Gasteiger partial charge in [0.2, 0.25) is 5.91 Å². The Hall–Kier alpha value is -2.82. The third-order valence-corrected chi connectivity index (χ3v) is 6.97. The fraction of sp³-hybridized carbons (Fsp3) is 0.500. The van der Waals surface area contributed by atoms with Crippen molar-refractivity contribution >= 4 is 5.91 Å². The van der Waals surface area contributed by atoms with Gasteiger partial charge in [-0.05, 0) is 66.8 Å². The highest BCUT2D eigenvalue weighted by molar-refractivity contribution is 5.83. The molecule has 1 N–H and O–H groups in total. The second-order valence-corrected chi connectivity index (χ2v) is 9.90. The van der Waals surface area contributed by atoms with Crippen LogP contribution in [0.3, 0.4) is 0 Å². The van der Waals surface area contributed by atoms with Crippen molar-refractivity contribution in [2.45, 2.75) is 51.1 Å². The van der Waals surface area contributed by atoms with Crippen LogP contribution in [0.4, 0.5) is 30.7 Å². The predicted molar refractivity (Wildman–Crippen MR) is 121 cm³/mol. The van der Waals surface area contributed by atoms with Gasteiger partial charge in [-0.1, -0.05) is 18.9 Å². The first-order valence-electron chi connectivity index (χ1n) is 11.9. The molecule has 1 aliphatic heterocycles. The van der Waals surface area contributed by atoms with Gasteiger partial charge in [0.25, 0.3) is 0 Å². The molecule has 1 heterocycles. The van der Waals surface area contributed by atoms with Gasteiger partial charge in [-0.2, -0.15) is 26.3 Å². The molecule has 0 aromatic heterocycles. The van der Waals surface area contributed by atoms with E-state index in [1.54, 1.807) is 0 Å². The van der Waals surface area contributed by atoms with Crippen LogP contribution in [0.25, 0.3) is 0 Å². The van der Waals surface area contributed by atoms with E-state index in [2.05, 4.69) is 5.32 Å². The quantitative estimate of drug-likeness (QED) is 0.413. The molecular weight excluding hydrogens is 505 g/mol. The Morgan fingerprint density at radius 3 is 2.11 bits per heavy atom. The molecule has 0 bridgehead atoms. The first kappa shape index (κ1) is 27.2. The summed E-state index contributed by atoms with van der Waals surface area (Å²) in [5.41, 5.74) is -3.69. The molecule has 37 heavy (non-hydrogen) atoms. The molecule has 1 amide bonds. The third-order valence-electron chi connectivity index (χ3n) is 6.97. The van der Waals surface area contributed by atoms with Gasteiger partial charge >= 0.3 is 12.4 Å². The van der Waals surface area contributed by atoms with Crippen LogP contribution in [-0.2, 0) is 30.2 Å². The van der Waals surface area contributed by atoms with Crippen molar-refractivity contribution in [1.82, 2.24) is 10.2 Å². The summed E-state index contributed by atoms with van der Waals surface area (Å²) in [5.74, 6) is -0.735. The minimum Gasteiger partial charge on any atom is -0.494 e. The van der Waals surface area contributed by atoms with Crippen LogP contribution in [0.2, 0.25) is 0 Å². The second kappa shape index (κ2) is 10.2. The molecule has 1 saturated carbocycles. The molecule has 1 atom stereocenters. The summed E-state index contributed by atoms with van der Waals surface area (Å²) >= 11 is 0. The number of carbonyl (C=O) groups excluding carboxylic acids is 1. The summed E-state index contributed by atoms with van der Waals surface area (Å²) in [5, 5.41) is 3.17. The lowest BCUT2D eigenvalue weighted by Crippen LogP contribution is -2.45. The van der Waals surface area contributed by atoms with E-state index in [4.69, 9.17) is 4.74 Å². The van der Waals surface area contributed by atoms with Crippen LogP contribution in [0.15, 0.2) is 36.4 Å². The number of nitrogens with zero attached hydrogens (tertiary/aromatic N) is 1. The number of benzene rings is 2. The van der Waals surface area contributed by atoms with E-state index in [1.165, 1.54) is 24.1 Å². The van der Waals surface area contributed by atoms with Crippen LogP contribution in [0, 0.1) is 17.2 Å². The van der Waals surface area contributed by atoms with Gasteiger partial charge in [-0.25, -0.2) is 4.39 Å². The molecule has 4 nitrogen and oxygen atoms in total. The summed E-state index contributed by atoms with van der Waals surface area (Å²) in [6.45, 7) is 0.257. The Bertz CT molecular complexity index is 1100. The molecule has 2 aliphatic rings. The van der Waals surface area contributed by atoms with Crippen molar-refractivity contribution < 1.29 is 40.3 Å². The highest BCUT2D eigenvalue weighted by atomic mass is 19.4. The first-order valence-corrected chi connectivity index (χ1v) is 11.9. The number of halogens is 7. The van der Waals surface area contributed by atoms with E-state index in [-0.39, 0.29) is 29.8 Å². The van der Waals surface area contributed by atoms with Crippen molar-refractivity contribution in [3.8, 4) is 5.75 Å². The number of carbonyl (C=O) groups is 1. The van der Waals surface area contributed by atoms with Gasteiger partial charge in [-0.3, -0.25) is 4.79 Å². The smallest absolute Gasteiger partial charge is 0.416 e. The van der Waals surface area contributed by atoms with Crippen molar-refractivity contribution in [3.63, 3.8) is 0 Å². The Balaban J connectivity index is 1.72. The zero-order chi connectivity index (χ0) is 27.0. The maximum atomic E-state index is 14.4. The third kappa shape index (κ3) is 6.37. The van der Waals surface area contributed by atoms with E-state index in [0.29, 0.717) is 49.5 Å². The van der Waals surface area contributed by atoms with Crippen molar-refractivity contribution in [2.24, 2.45) is 11.3 Å². The minimum absolute atomic E-state index is 0.0282. The molecule has 2 fully saturated rings. The normalized spacial score (nSPS) is 20.2. The molecule has 11 heteroatoms. The van der Waals surface area contributed by atoms with E-state index < -0.39 is 41.3 Å². The van der Waals surface area contributed by atoms with Gasteiger partial charge in [0.05, 0.1) is 23.7 Å². The average molecular weight is 533 g/mol. The summed E-state index contributed by atoms with van der Waals surface area (Å²) in [7, 11) is 1.29. The second-order valence-electron chi connectivity index (χ2n) is 9.90. The molecule has 4 rings (SSSR count). The Morgan fingerprint density at radius 1 is 1.00 bits per heavy atom. The number of rotatable bonds is 8. The Labute approximate surface area is 209 Å². The molecule has 1 unspecified atom stereocenters. The maximum absolute atomic E-state index is 14.4. The largest absolute Gasteiger partial charge is 0.494 e. The summed E-state index contributed by atoms with van der Waals surface area (Å²) in [6.07, 6.45) is -6.98. The standard InChI is InChI=1S/C26H27F7N2O2/c1-37-22-5-4-17(10-21(22)27)13-35(23(36)24(6-7-34-15-24)12-16-2-3-16)14-18-8-19(25(28,29)30)11-20(9-18)26(31,32)33/h4-5,8-11,16,34H,2-3,6-7,12-15H2,1H3. The lowest BCUT2D eigenvalue weighted by Gasteiger charge is -2.35. The Kier molecular flexibility index (Phi) is 7.47. The van der Waals surface area contributed by atoms with Crippen LogP contribution in [0.5, 0.6) is 5.75 Å². The lowest BCUT2D eigenvalue weighted by atomic mass is 9.80. The zero-order valence-electron chi connectivity index (χ0n) is 20.1. The molecule has 0 radical (unpaired) electrons. The molecule has 1 saturated heterocycles. The highest BCUT2D eigenvalue weighted by Crippen LogP contribution is 2.45. The molecule has 202 valence electrons. The predicted octanol–water partition coefficient (Wildman–Crippen LogP) is 6.18. The maximum Gasteiger partial charge on any atom is 0.416 e. The van der Waals surface area contributed by atoms with Crippen LogP contribution in [0.1, 0.15) is 47.9 Å². The average Bonchev–Trinajstić information content (AvgIpc) is 3.50. The number of methoxy groups -OCH3 is 1. The van der Waals surface area contributed by atoms with Crippen LogP contribution >= 0.6 is 0 Å². The summed E-state index contributed by atoms with van der Waals surface area (Å²) in [6, 6.07) is 5.33. The fourth-order valence-corrected chi connectivity index (χ4v) is 4.96. The number of hydrogen-bond acceptors (Lipinski definition) is 3. The minimum atomic E-state index is -5.01. The fourth-order valence-electron chi connectivity index (χ4n) is 4.96. The van der Waals surface area contributed by atoms with Crippen LogP contribution < -0.4 is 10.1 Å². The summed E-state index contributed by atoms with van der Waals surface area (Å²) in [4.78, 5) is 15.2. The van der Waals surface area contributed by atoms with Gasteiger partial charge in [0.1, 0.15) is 0 Å². The number of ether oxygens (including phenoxy) is 1. The topological polar surface area (TPSA) is 41.6 Å². The summed E-state index contributed by atoms with van der Waals surface area (Å²) < 4.78 is 99.9. The Morgan fingerprint density at radius 2 is 1.62 bits per heavy atom. The van der Waals surface area contributed by atoms with Gasteiger partial charge < -0.3 is 15.0 Å². The molecule has 0 spiro atoms. The highest BCUT2D eigenvalue weighted by Gasteiger charge is 2.47. The number of alkyl halides is 6. The number of amides is 1. The monoisotopic (exact) mass is 532 g/mol. The van der Waals surface area contributed by atoms with Crippen molar-refractivity contribution in [2.75, 3.05) is 20.2 Å². The zero-order valence-corrected chi connectivity index (χ0v) is 20.1. The van der Waals surface area contributed by atoms with E-state index in [0.717, 1.165) is 18.9 Å². The van der Waals surface area contributed by atoms with Gasteiger partial charge in [-0.15, -0.1) is 0 Å². The molecule has 2 aromatic carbocycles. The SMILES string of the molecule is COc1ccc(CN(Cc2cc(C(F)(F)F)cc(C(F)(F)F)c2)C(=O)C2(CC3CC3)CCNC2)cc1F. The van der Waals surface area contributed by atoms with E-state index in [9.17, 15) is 35.5 Å². The number of nitrogens with one attached hydrogen (secondary N) is 1. The molecular formula is C26H27F7N2O2. The molecule has 1 aliphatic carbocycles. The van der Waals surface area contributed by atoms with Gasteiger partial charge in [0, 0.05) is 19.6 Å². The number of hydrogen-bond donors (Lipinski definition) is 1. The van der Waals surface area contributed by atoms with E-state index >= 15 is 0 Å². The molecule has 2 aromatic rings. The van der Waals surface area contributed by atoms with Crippen molar-refractivity contribution in [3.05, 3.63) is 64.5 Å². The van der Waals surface area contributed by atoms with Gasteiger partial charge in [0.15, 0.2) is 11.6 Å². The first-order chi connectivity index (χ1) is 17.3. The van der Waals surface area contributed by atoms with E-state index in [1.807, 2.05) is 0 Å². The van der Waals surface area contributed by atoms with Crippen LogP contribution in [-0.4, -0.2) is 31.0 Å².